The van der Waals surface area contributed by atoms with E-state index in [1.165, 1.54) is 12.1 Å². The van der Waals surface area contributed by atoms with E-state index in [1.54, 1.807) is 19.1 Å². The van der Waals surface area contributed by atoms with Crippen LogP contribution in [-0.4, -0.2) is 15.1 Å². The fourth-order valence-corrected chi connectivity index (χ4v) is 3.79. The van der Waals surface area contributed by atoms with Crippen molar-refractivity contribution in [1.29, 1.82) is 5.26 Å². The summed E-state index contributed by atoms with van der Waals surface area (Å²) >= 11 is 0. The number of hydrogen-bond acceptors (Lipinski definition) is 7. The summed E-state index contributed by atoms with van der Waals surface area (Å²) in [5, 5.41) is 28.5. The second-order valence-electron chi connectivity index (χ2n) is 7.28. The maximum atomic E-state index is 11.3. The summed E-state index contributed by atoms with van der Waals surface area (Å²) in [5.74, 6) is 0.243. The van der Waals surface area contributed by atoms with E-state index in [9.17, 15) is 15.4 Å². The van der Waals surface area contributed by atoms with Gasteiger partial charge in [-0.05, 0) is 25.0 Å². The Morgan fingerprint density at radius 1 is 1.16 bits per heavy atom. The van der Waals surface area contributed by atoms with E-state index in [4.69, 9.17) is 4.52 Å². The molecule has 31 heavy (non-hydrogen) atoms. The first kappa shape index (κ1) is 20.0. The van der Waals surface area contributed by atoms with Gasteiger partial charge < -0.3 is 9.84 Å². The number of nitro benzene ring substituents is 1. The maximum Gasteiger partial charge on any atom is 0.269 e. The second-order valence-corrected chi connectivity index (χ2v) is 7.28. The molecule has 154 valence electrons. The zero-order valence-corrected chi connectivity index (χ0v) is 17.0. The highest BCUT2D eigenvalue weighted by atomic mass is 16.6. The normalized spacial score (nSPS) is 16.1. The molecule has 4 rings (SSSR count). The Balaban J connectivity index is 1.78. The first-order valence-electron chi connectivity index (χ1n) is 9.68. The van der Waals surface area contributed by atoms with E-state index < -0.39 is 10.8 Å². The molecule has 0 radical (unpaired) electrons. The van der Waals surface area contributed by atoms with E-state index in [-0.39, 0.29) is 11.6 Å². The van der Waals surface area contributed by atoms with Crippen molar-refractivity contribution in [3.8, 4) is 6.07 Å². The van der Waals surface area contributed by atoms with Gasteiger partial charge in [-0.1, -0.05) is 47.6 Å². The smallest absolute Gasteiger partial charge is 0.269 e. The molecule has 1 aliphatic heterocycles. The molecule has 0 bridgehead atoms. The molecule has 1 aromatic heterocycles. The molecule has 1 atom stereocenters. The van der Waals surface area contributed by atoms with Crippen molar-refractivity contribution in [2.45, 2.75) is 26.2 Å². The lowest BCUT2D eigenvalue weighted by molar-refractivity contribution is -0.384. The predicted octanol–water partition coefficient (Wildman–Crippen LogP) is 4.48. The highest BCUT2D eigenvalue weighted by molar-refractivity contribution is 5.76. The molecule has 8 heteroatoms. The number of aromatic nitrogens is 2. The van der Waals surface area contributed by atoms with Crippen LogP contribution in [0, 0.1) is 21.4 Å². The Bertz CT molecular complexity index is 1250. The Morgan fingerprint density at radius 3 is 2.65 bits per heavy atom. The molecule has 0 fully saturated rings. The average Bonchev–Trinajstić information content (AvgIpc) is 3.22. The summed E-state index contributed by atoms with van der Waals surface area (Å²) in [6.07, 6.45) is 0.506. The first-order valence-corrected chi connectivity index (χ1v) is 9.68. The number of hydrogen-bond donors (Lipinski definition) is 1. The molecule has 2 aromatic carbocycles. The van der Waals surface area contributed by atoms with Gasteiger partial charge in [0.25, 0.3) is 11.6 Å². The van der Waals surface area contributed by atoms with Gasteiger partial charge in [0.1, 0.15) is 0 Å². The van der Waals surface area contributed by atoms with Gasteiger partial charge in [-0.15, -0.1) is 0 Å². The third kappa shape index (κ3) is 3.94. The molecular weight excluding hydrogens is 394 g/mol. The lowest BCUT2D eigenvalue weighted by atomic mass is 9.81. The van der Waals surface area contributed by atoms with Gasteiger partial charge in [-0.2, -0.15) is 10.2 Å². The van der Waals surface area contributed by atoms with Gasteiger partial charge in [0.2, 0.25) is 0 Å². The van der Waals surface area contributed by atoms with Crippen molar-refractivity contribution < 1.29 is 9.45 Å². The number of rotatable bonds is 5. The molecule has 0 spiro atoms. The summed E-state index contributed by atoms with van der Waals surface area (Å²) in [6, 6.07) is 18.3. The van der Waals surface area contributed by atoms with Crippen molar-refractivity contribution in [2.75, 3.05) is 0 Å². The van der Waals surface area contributed by atoms with Crippen LogP contribution < -0.4 is 5.32 Å². The van der Waals surface area contributed by atoms with Crippen LogP contribution >= 0.6 is 0 Å². The standard InChI is InChI=1S/C23H19N5O3/c1-14-19(13-24)22(17-9-6-10-18(12-17)28(29)30)21(15(2)25-14)23-26-20(27-31-23)11-16-7-4-3-5-8-16/h3-10,12,22,25H,11H2,1-2H3. The van der Waals surface area contributed by atoms with E-state index in [1.807, 2.05) is 37.3 Å². The summed E-state index contributed by atoms with van der Waals surface area (Å²) in [4.78, 5) is 15.4. The fourth-order valence-electron chi connectivity index (χ4n) is 3.79. The molecule has 2 heterocycles. The number of nitro groups is 1. The quantitative estimate of drug-likeness (QED) is 0.484. The molecule has 1 N–H and O–H groups in total. The Kier molecular flexibility index (Phi) is 5.33. The highest BCUT2D eigenvalue weighted by Gasteiger charge is 2.34. The van der Waals surface area contributed by atoms with Crippen LogP contribution in [0.25, 0.3) is 5.57 Å². The maximum absolute atomic E-state index is 11.3. The van der Waals surface area contributed by atoms with Gasteiger partial charge in [-0.3, -0.25) is 10.1 Å². The monoisotopic (exact) mass is 413 g/mol. The summed E-state index contributed by atoms with van der Waals surface area (Å²) < 4.78 is 5.58. The third-order valence-corrected chi connectivity index (χ3v) is 5.20. The number of nitrogens with zero attached hydrogens (tertiary/aromatic N) is 4. The molecule has 1 aliphatic rings. The largest absolute Gasteiger partial charge is 0.361 e. The first-order chi connectivity index (χ1) is 15.0. The van der Waals surface area contributed by atoms with Crippen molar-refractivity contribution in [3.05, 3.63) is 105 Å². The Hall–Kier alpha value is -4.25. The molecule has 8 nitrogen and oxygen atoms in total. The summed E-state index contributed by atoms with van der Waals surface area (Å²) in [5.41, 5.74) is 4.14. The lowest BCUT2D eigenvalue weighted by Crippen LogP contribution is -2.23. The van der Waals surface area contributed by atoms with E-state index in [2.05, 4.69) is 21.5 Å². The average molecular weight is 413 g/mol. The minimum Gasteiger partial charge on any atom is -0.361 e. The zero-order chi connectivity index (χ0) is 22.0. The van der Waals surface area contributed by atoms with Gasteiger partial charge in [0.15, 0.2) is 5.82 Å². The molecule has 0 amide bonds. The number of dihydropyridines is 1. The molecule has 3 aromatic rings. The van der Waals surface area contributed by atoms with Gasteiger partial charge in [0, 0.05) is 35.5 Å². The van der Waals surface area contributed by atoms with E-state index >= 15 is 0 Å². The molecule has 0 aliphatic carbocycles. The Labute approximate surface area is 178 Å². The number of non-ortho nitro benzene ring substituents is 1. The minimum atomic E-state index is -0.559. The fraction of sp³-hybridized carbons (Fsp3) is 0.174. The van der Waals surface area contributed by atoms with Crippen molar-refractivity contribution in [1.82, 2.24) is 15.5 Å². The van der Waals surface area contributed by atoms with Crippen LogP contribution in [0.3, 0.4) is 0 Å². The SMILES string of the molecule is CC1=C(C#N)C(c2cccc([N+](=O)[O-])c2)C(c2nc(Cc3ccccc3)no2)=C(C)N1. The van der Waals surface area contributed by atoms with Crippen molar-refractivity contribution in [3.63, 3.8) is 0 Å². The number of nitriles is 1. The van der Waals surface area contributed by atoms with E-state index in [0.29, 0.717) is 34.7 Å². The zero-order valence-electron chi connectivity index (χ0n) is 17.0. The molecule has 0 saturated heterocycles. The number of allylic oxidation sites excluding steroid dienone is 4. The molecule has 1 unspecified atom stereocenters. The summed E-state index contributed by atoms with van der Waals surface area (Å²) in [7, 11) is 0. The van der Waals surface area contributed by atoms with Gasteiger partial charge in [0.05, 0.1) is 22.5 Å². The molecular formula is C23H19N5O3. The number of nitrogens with one attached hydrogen (secondary N) is 1. The van der Waals surface area contributed by atoms with Crippen LogP contribution in [0.1, 0.15) is 42.6 Å². The van der Waals surface area contributed by atoms with Crippen LogP contribution in [0.4, 0.5) is 5.69 Å². The van der Waals surface area contributed by atoms with Crippen LogP contribution in [0.2, 0.25) is 0 Å². The second kappa shape index (κ2) is 8.24. The topological polar surface area (TPSA) is 118 Å². The third-order valence-electron chi connectivity index (χ3n) is 5.20. The predicted molar refractivity (Wildman–Crippen MR) is 113 cm³/mol. The lowest BCUT2D eigenvalue weighted by Gasteiger charge is -2.27. The van der Waals surface area contributed by atoms with Crippen LogP contribution in [0.5, 0.6) is 0 Å². The van der Waals surface area contributed by atoms with E-state index in [0.717, 1.165) is 11.3 Å². The highest BCUT2D eigenvalue weighted by Crippen LogP contribution is 2.43. The van der Waals surface area contributed by atoms with Crippen LogP contribution in [-0.2, 0) is 6.42 Å². The van der Waals surface area contributed by atoms with Crippen molar-refractivity contribution in [2.24, 2.45) is 0 Å². The van der Waals surface area contributed by atoms with Gasteiger partial charge in [-0.25, -0.2) is 0 Å². The van der Waals surface area contributed by atoms with Crippen LogP contribution in [0.15, 0.2) is 76.1 Å². The Morgan fingerprint density at radius 2 is 1.94 bits per heavy atom. The molecule has 0 saturated carbocycles. The van der Waals surface area contributed by atoms with Crippen molar-refractivity contribution >= 4 is 11.3 Å². The summed E-state index contributed by atoms with van der Waals surface area (Å²) in [6.45, 7) is 3.66. The number of benzene rings is 2. The van der Waals surface area contributed by atoms with Gasteiger partial charge >= 0.3 is 0 Å². The minimum absolute atomic E-state index is 0.0433.